The third-order valence-corrected chi connectivity index (χ3v) is 4.95. The molecule has 0 spiro atoms. The fourth-order valence-corrected chi connectivity index (χ4v) is 3.44. The molecule has 0 radical (unpaired) electrons. The van der Waals surface area contributed by atoms with Crippen molar-refractivity contribution < 1.29 is 23.7 Å². The highest BCUT2D eigenvalue weighted by atomic mass is 16.5. The first-order valence-electron chi connectivity index (χ1n) is 9.80. The zero-order chi connectivity index (χ0) is 22.9. The maximum Gasteiger partial charge on any atom is 0.263 e. The van der Waals surface area contributed by atoms with Gasteiger partial charge in [-0.15, -0.1) is 0 Å². The molecule has 5 rings (SSSR count). The quantitative estimate of drug-likeness (QED) is 0.451. The Labute approximate surface area is 187 Å². The Bertz CT molecular complexity index is 1350. The molecule has 12 heteroatoms. The fourth-order valence-electron chi connectivity index (χ4n) is 3.44. The molecule has 0 saturated heterocycles. The summed E-state index contributed by atoms with van der Waals surface area (Å²) in [6.07, 6.45) is 4.76. The number of rotatable bonds is 6. The first-order valence-corrected chi connectivity index (χ1v) is 9.80. The van der Waals surface area contributed by atoms with Crippen LogP contribution in [0.4, 0.5) is 17.3 Å². The van der Waals surface area contributed by atoms with Gasteiger partial charge in [-0.25, -0.2) is 19.5 Å². The topological polar surface area (TPSA) is 134 Å². The first-order chi connectivity index (χ1) is 16.1. The number of benzene rings is 1. The molecule has 1 amide bonds. The van der Waals surface area contributed by atoms with Crippen molar-refractivity contribution in [3.8, 4) is 34.3 Å². The van der Waals surface area contributed by atoms with Crippen LogP contribution in [0.3, 0.4) is 0 Å². The average molecular weight is 449 g/mol. The number of hydrogen-bond acceptors (Lipinski definition) is 10. The standard InChI is InChI=1S/C21H19N7O5/c1-30-14-5-12(6-15(31-2)18(14)32-3)25-20-21-23-10-24-28(21)8-13(26-20)11-4-16-19(22-7-11)27-17(29)9-33-16/h4-8,10H,9H2,1-3H3,(H,25,26)(H,22,27,29). The predicted molar refractivity (Wildman–Crippen MR) is 118 cm³/mol. The van der Waals surface area contributed by atoms with E-state index in [-0.39, 0.29) is 12.5 Å². The van der Waals surface area contributed by atoms with Crippen LogP contribution in [0.25, 0.3) is 16.9 Å². The number of aromatic nitrogens is 5. The Morgan fingerprint density at radius 2 is 1.88 bits per heavy atom. The van der Waals surface area contributed by atoms with E-state index in [9.17, 15) is 4.79 Å². The summed E-state index contributed by atoms with van der Waals surface area (Å²) in [6.45, 7) is -0.0678. The lowest BCUT2D eigenvalue weighted by Crippen LogP contribution is -2.26. The summed E-state index contributed by atoms with van der Waals surface area (Å²) < 4.78 is 23.3. The lowest BCUT2D eigenvalue weighted by atomic mass is 10.2. The highest BCUT2D eigenvalue weighted by molar-refractivity contribution is 5.94. The van der Waals surface area contributed by atoms with Gasteiger partial charge >= 0.3 is 0 Å². The highest BCUT2D eigenvalue weighted by Crippen LogP contribution is 2.41. The van der Waals surface area contributed by atoms with E-state index < -0.39 is 0 Å². The number of amides is 1. The minimum atomic E-state index is -0.248. The monoisotopic (exact) mass is 449 g/mol. The van der Waals surface area contributed by atoms with Crippen molar-refractivity contribution >= 4 is 28.9 Å². The molecule has 1 aliphatic heterocycles. The number of hydrogen-bond donors (Lipinski definition) is 2. The first kappa shape index (κ1) is 20.3. The molecule has 3 aromatic heterocycles. The molecular formula is C21H19N7O5. The molecule has 1 aliphatic rings. The third-order valence-electron chi connectivity index (χ3n) is 4.95. The van der Waals surface area contributed by atoms with Crippen LogP contribution < -0.4 is 29.6 Å². The second-order valence-corrected chi connectivity index (χ2v) is 6.95. The van der Waals surface area contributed by atoms with E-state index in [4.69, 9.17) is 23.9 Å². The third kappa shape index (κ3) is 3.67. The average Bonchev–Trinajstić information content (AvgIpc) is 3.32. The van der Waals surface area contributed by atoms with Gasteiger partial charge in [0.25, 0.3) is 5.91 Å². The zero-order valence-corrected chi connectivity index (χ0v) is 17.9. The minimum Gasteiger partial charge on any atom is -0.493 e. The molecule has 4 heterocycles. The van der Waals surface area contributed by atoms with Crippen molar-refractivity contribution in [2.24, 2.45) is 0 Å². The molecule has 12 nitrogen and oxygen atoms in total. The number of pyridine rings is 1. The second kappa shape index (κ2) is 8.15. The molecule has 168 valence electrons. The van der Waals surface area contributed by atoms with E-state index in [2.05, 4.69) is 25.7 Å². The SMILES string of the molecule is COc1cc(Nc2nc(-c3cnc4c(c3)OCC(=O)N4)cn3ncnc23)cc(OC)c1OC. The van der Waals surface area contributed by atoms with Gasteiger partial charge < -0.3 is 29.6 Å². The van der Waals surface area contributed by atoms with E-state index in [1.807, 2.05) is 0 Å². The summed E-state index contributed by atoms with van der Waals surface area (Å²) >= 11 is 0. The van der Waals surface area contributed by atoms with Crippen LogP contribution in [0.1, 0.15) is 0 Å². The predicted octanol–water partition coefficient (Wildman–Crippen LogP) is 2.29. The van der Waals surface area contributed by atoms with Crippen LogP contribution in [0, 0.1) is 0 Å². The summed E-state index contributed by atoms with van der Waals surface area (Å²) in [6, 6.07) is 5.29. The van der Waals surface area contributed by atoms with Crippen molar-refractivity contribution in [1.29, 1.82) is 0 Å². The molecule has 0 unspecified atom stereocenters. The van der Waals surface area contributed by atoms with E-state index >= 15 is 0 Å². The van der Waals surface area contributed by atoms with Crippen molar-refractivity contribution in [1.82, 2.24) is 24.6 Å². The maximum atomic E-state index is 11.5. The smallest absolute Gasteiger partial charge is 0.263 e. The summed E-state index contributed by atoms with van der Waals surface area (Å²) in [4.78, 5) is 24.8. The summed E-state index contributed by atoms with van der Waals surface area (Å²) in [5.74, 6) is 2.50. The van der Waals surface area contributed by atoms with Crippen LogP contribution in [-0.4, -0.2) is 58.4 Å². The van der Waals surface area contributed by atoms with Crippen molar-refractivity contribution in [2.45, 2.75) is 0 Å². The Kier molecular flexibility index (Phi) is 5.01. The lowest BCUT2D eigenvalue weighted by molar-refractivity contribution is -0.118. The van der Waals surface area contributed by atoms with Gasteiger partial charge in [0.05, 0.1) is 33.2 Å². The molecule has 0 fully saturated rings. The minimum absolute atomic E-state index is 0.0678. The number of carbonyl (C=O) groups is 1. The van der Waals surface area contributed by atoms with Gasteiger partial charge in [0.2, 0.25) is 5.75 Å². The van der Waals surface area contributed by atoms with Crippen molar-refractivity contribution in [3.63, 3.8) is 0 Å². The van der Waals surface area contributed by atoms with Gasteiger partial charge in [-0.05, 0) is 6.07 Å². The summed E-state index contributed by atoms with van der Waals surface area (Å²) in [5, 5.41) is 10.2. The van der Waals surface area contributed by atoms with Gasteiger partial charge in [-0.3, -0.25) is 4.79 Å². The van der Waals surface area contributed by atoms with Gasteiger partial charge in [-0.2, -0.15) is 5.10 Å². The number of fused-ring (bicyclic) bond motifs is 2. The Balaban J connectivity index is 1.57. The number of anilines is 3. The Morgan fingerprint density at radius 1 is 1.09 bits per heavy atom. The molecular weight excluding hydrogens is 430 g/mol. The fraction of sp³-hybridized carbons (Fsp3) is 0.190. The summed E-state index contributed by atoms with van der Waals surface area (Å²) in [7, 11) is 4.63. The van der Waals surface area contributed by atoms with E-state index in [0.29, 0.717) is 57.2 Å². The van der Waals surface area contributed by atoms with Crippen molar-refractivity contribution in [2.75, 3.05) is 38.6 Å². The van der Waals surface area contributed by atoms with Gasteiger partial charge in [0.15, 0.2) is 41.1 Å². The number of nitrogens with one attached hydrogen (secondary N) is 2. The van der Waals surface area contributed by atoms with Gasteiger partial charge in [-0.1, -0.05) is 0 Å². The Hall–Kier alpha value is -4.61. The molecule has 4 aromatic rings. The molecule has 33 heavy (non-hydrogen) atoms. The highest BCUT2D eigenvalue weighted by Gasteiger charge is 2.20. The maximum absolute atomic E-state index is 11.5. The molecule has 0 atom stereocenters. The second-order valence-electron chi connectivity index (χ2n) is 6.95. The van der Waals surface area contributed by atoms with Crippen LogP contribution in [0.15, 0.2) is 36.9 Å². The largest absolute Gasteiger partial charge is 0.493 e. The van der Waals surface area contributed by atoms with Crippen LogP contribution in [0.2, 0.25) is 0 Å². The van der Waals surface area contributed by atoms with E-state index in [1.54, 1.807) is 56.4 Å². The number of methoxy groups -OCH3 is 3. The molecule has 0 saturated carbocycles. The molecule has 1 aromatic carbocycles. The zero-order valence-electron chi connectivity index (χ0n) is 17.9. The van der Waals surface area contributed by atoms with Gasteiger partial charge in [0.1, 0.15) is 6.33 Å². The normalized spacial score (nSPS) is 12.5. The van der Waals surface area contributed by atoms with E-state index in [0.717, 1.165) is 0 Å². The van der Waals surface area contributed by atoms with Crippen LogP contribution in [-0.2, 0) is 4.79 Å². The lowest BCUT2D eigenvalue weighted by Gasteiger charge is -2.17. The Morgan fingerprint density at radius 3 is 2.61 bits per heavy atom. The molecule has 2 N–H and O–H groups in total. The number of carbonyl (C=O) groups excluding carboxylic acids is 1. The van der Waals surface area contributed by atoms with Crippen LogP contribution in [0.5, 0.6) is 23.0 Å². The summed E-state index contributed by atoms with van der Waals surface area (Å²) in [5.41, 5.74) is 2.41. The molecule has 0 bridgehead atoms. The number of ether oxygens (including phenoxy) is 4. The van der Waals surface area contributed by atoms with E-state index in [1.165, 1.54) is 6.33 Å². The van der Waals surface area contributed by atoms with Gasteiger partial charge in [0, 0.05) is 29.6 Å². The van der Waals surface area contributed by atoms with Crippen LogP contribution >= 0.6 is 0 Å². The molecule has 0 aliphatic carbocycles. The number of nitrogens with zero attached hydrogens (tertiary/aromatic N) is 5. The van der Waals surface area contributed by atoms with Crippen molar-refractivity contribution in [3.05, 3.63) is 36.9 Å².